The smallest absolute Gasteiger partial charge is 0.264 e. The van der Waals surface area contributed by atoms with E-state index in [4.69, 9.17) is 23.7 Å². The van der Waals surface area contributed by atoms with E-state index in [0.717, 1.165) is 16.1 Å². The van der Waals surface area contributed by atoms with Crippen LogP contribution in [0.3, 0.4) is 0 Å². The number of hydrogen-bond acceptors (Lipinski definition) is 14. The molecule has 3 aromatic rings. The predicted molar refractivity (Wildman–Crippen MR) is 225 cm³/mol. The molecule has 6 rings (SSSR count). The summed E-state index contributed by atoms with van der Waals surface area (Å²) in [4.78, 5) is 92.7. The molecule has 3 heterocycles. The molecule has 19 heteroatoms. The average Bonchev–Trinajstić information content (AvgIpc) is 3.65. The minimum Gasteiger partial charge on any atom is -0.493 e. The monoisotopic (exact) mass is 890 g/mol. The molecule has 1 unspecified atom stereocenters. The molecule has 1 saturated heterocycles. The first-order valence-electron chi connectivity index (χ1n) is 20.6. The quantitative estimate of drug-likeness (QED) is 0.103. The van der Waals surface area contributed by atoms with Crippen LogP contribution in [0, 0.1) is 0 Å². The van der Waals surface area contributed by atoms with Gasteiger partial charge in [0.1, 0.15) is 15.9 Å². The Kier molecular flexibility index (Phi) is 15.4. The molecule has 336 valence electrons. The van der Waals surface area contributed by atoms with Crippen LogP contribution in [0.25, 0.3) is 0 Å². The maximum atomic E-state index is 13.9. The molecule has 0 aromatic heterocycles. The van der Waals surface area contributed by atoms with Crippen molar-refractivity contribution in [1.29, 1.82) is 0 Å². The molecule has 2 atom stereocenters. The van der Waals surface area contributed by atoms with Crippen LogP contribution in [0.1, 0.15) is 97.6 Å². The third kappa shape index (κ3) is 11.0. The first-order chi connectivity index (χ1) is 30.2. The number of carbonyl (C=O) groups excluding carboxylic acids is 7. The van der Waals surface area contributed by atoms with Crippen molar-refractivity contribution in [3.8, 4) is 11.5 Å². The number of fused-ring (bicyclic) bond motifs is 2. The molecule has 7 amide bonds. The Bertz CT molecular complexity index is 2390. The van der Waals surface area contributed by atoms with E-state index in [-0.39, 0.29) is 61.5 Å². The maximum absolute atomic E-state index is 13.9. The van der Waals surface area contributed by atoms with Crippen molar-refractivity contribution in [2.24, 2.45) is 0 Å². The van der Waals surface area contributed by atoms with Crippen LogP contribution in [0.15, 0.2) is 54.6 Å². The number of benzene rings is 3. The minimum absolute atomic E-state index is 0.0281. The maximum Gasteiger partial charge on any atom is 0.264 e. The van der Waals surface area contributed by atoms with Gasteiger partial charge >= 0.3 is 0 Å². The number of ether oxygens (including phenoxy) is 5. The fourth-order valence-electron chi connectivity index (χ4n) is 7.70. The third-order valence-electron chi connectivity index (χ3n) is 10.6. The van der Waals surface area contributed by atoms with E-state index in [9.17, 15) is 42.0 Å². The Morgan fingerprint density at radius 2 is 1.49 bits per heavy atom. The number of amides is 7. The zero-order valence-electron chi connectivity index (χ0n) is 35.3. The van der Waals surface area contributed by atoms with E-state index in [2.05, 4.69) is 10.6 Å². The number of imide groups is 3. The summed E-state index contributed by atoms with van der Waals surface area (Å²) in [5.74, 6) is -3.88. The first-order valence-corrected chi connectivity index (χ1v) is 22.7. The van der Waals surface area contributed by atoms with Crippen molar-refractivity contribution < 1.29 is 65.7 Å². The van der Waals surface area contributed by atoms with Gasteiger partial charge < -0.3 is 29.0 Å². The Morgan fingerprint density at radius 3 is 2.17 bits per heavy atom. The summed E-state index contributed by atoms with van der Waals surface area (Å²) in [6, 6.07) is 12.0. The Hall–Kier alpha value is -6.02. The number of unbranched alkanes of at least 4 members (excludes halogenated alkanes) is 1. The van der Waals surface area contributed by atoms with Crippen LogP contribution < -0.4 is 20.1 Å². The van der Waals surface area contributed by atoms with Gasteiger partial charge in [0.05, 0.1) is 92.9 Å². The fraction of sp³-hybridized carbons (Fsp3) is 0.432. The highest BCUT2D eigenvalue weighted by Gasteiger charge is 2.46. The third-order valence-corrected chi connectivity index (χ3v) is 11.5. The highest BCUT2D eigenvalue weighted by Crippen LogP contribution is 2.39. The second-order valence-electron chi connectivity index (χ2n) is 15.0. The summed E-state index contributed by atoms with van der Waals surface area (Å²) in [5, 5.41) is 4.89. The number of nitrogens with one attached hydrogen (secondary N) is 2. The van der Waals surface area contributed by atoms with Crippen molar-refractivity contribution in [3.63, 3.8) is 0 Å². The van der Waals surface area contributed by atoms with Crippen LogP contribution in [0.5, 0.6) is 11.5 Å². The molecule has 63 heavy (non-hydrogen) atoms. The number of sulfone groups is 1. The molecule has 18 nitrogen and oxygen atoms in total. The van der Waals surface area contributed by atoms with E-state index in [0.29, 0.717) is 73.9 Å². The number of aryl methyl sites for hydroxylation is 1. The highest BCUT2D eigenvalue weighted by atomic mass is 32.2. The molecule has 1 fully saturated rings. The van der Waals surface area contributed by atoms with Gasteiger partial charge in [-0.25, -0.2) is 8.42 Å². The molecule has 0 bridgehead atoms. The Morgan fingerprint density at radius 1 is 0.810 bits per heavy atom. The largest absolute Gasteiger partial charge is 0.493 e. The highest BCUT2D eigenvalue weighted by molar-refractivity contribution is 7.90. The molecular formula is C44H50N4O14S. The number of anilines is 1. The lowest BCUT2D eigenvalue weighted by Crippen LogP contribution is -2.54. The van der Waals surface area contributed by atoms with Crippen molar-refractivity contribution in [1.82, 2.24) is 15.1 Å². The van der Waals surface area contributed by atoms with Gasteiger partial charge in [-0.05, 0) is 74.1 Å². The van der Waals surface area contributed by atoms with Crippen LogP contribution in [0.2, 0.25) is 0 Å². The van der Waals surface area contributed by atoms with Gasteiger partial charge in [0.2, 0.25) is 17.7 Å². The van der Waals surface area contributed by atoms with E-state index >= 15 is 0 Å². The summed E-state index contributed by atoms with van der Waals surface area (Å²) < 4.78 is 52.9. The van der Waals surface area contributed by atoms with Gasteiger partial charge in [0.25, 0.3) is 23.6 Å². The number of piperidine rings is 1. The molecule has 2 N–H and O–H groups in total. The second-order valence-corrected chi connectivity index (χ2v) is 17.2. The number of methoxy groups -OCH3 is 1. The van der Waals surface area contributed by atoms with Crippen molar-refractivity contribution in [3.05, 3.63) is 88.0 Å². The number of carbonyl (C=O) groups is 7. The molecule has 0 spiro atoms. The number of nitrogens with zero attached hydrogens (tertiary/aromatic N) is 2. The predicted octanol–water partition coefficient (Wildman–Crippen LogP) is 3.28. The summed E-state index contributed by atoms with van der Waals surface area (Å²) in [5.41, 5.74) is 1.71. The topological polar surface area (TPSA) is 230 Å². The zero-order valence-corrected chi connectivity index (χ0v) is 36.1. The molecule has 3 aliphatic heterocycles. The number of rotatable bonds is 23. The van der Waals surface area contributed by atoms with Crippen LogP contribution >= 0.6 is 0 Å². The lowest BCUT2D eigenvalue weighted by atomic mass is 9.98. The van der Waals surface area contributed by atoms with E-state index in [1.807, 2.05) is 0 Å². The van der Waals surface area contributed by atoms with Gasteiger partial charge in [-0.3, -0.25) is 48.7 Å². The summed E-state index contributed by atoms with van der Waals surface area (Å²) in [6.45, 7) is 3.66. The Labute approximate surface area is 364 Å². The average molecular weight is 891 g/mol. The molecule has 0 aliphatic carbocycles. The van der Waals surface area contributed by atoms with Gasteiger partial charge in [0.15, 0.2) is 11.5 Å². The van der Waals surface area contributed by atoms with Crippen LogP contribution in [-0.4, -0.2) is 131 Å². The summed E-state index contributed by atoms with van der Waals surface area (Å²) in [7, 11) is -2.25. The summed E-state index contributed by atoms with van der Waals surface area (Å²) in [6.07, 6.45) is 3.01. The van der Waals surface area contributed by atoms with Crippen molar-refractivity contribution in [2.45, 2.75) is 57.5 Å². The SMILES string of the molecule is CCOc1cc([C@@H](CS(C)(=O)=O)N2C(=O)c3cccc(NC(=O)CCOCCOCCOCCCCc4cccc5c4C(=O)N(C4CCC(=O)NC4=O)C5=O)c3C2=O)ccc1OC. The first kappa shape index (κ1) is 46.5. The second kappa shape index (κ2) is 20.9. The standard InChI is InChI=1S/C44H50N4O14S/c1-4-62-35-25-28(14-16-34(35)58-2)33(26-63(3,56)57)48-42(53)30-12-8-13-31(39(30)44(48)55)45-37(50)18-20-60-22-24-61-23-21-59-19-6-5-9-27-10-7-11-29-38(27)43(54)47(41(29)52)32-15-17-36(49)46-40(32)51/h7-8,10-14,16,25,32-33H,4-6,9,15,17-24,26H2,1-3H3,(H,45,50)(H,46,49,51)/t32?,33-/m1/s1. The zero-order chi connectivity index (χ0) is 45.3. The molecule has 0 saturated carbocycles. The van der Waals surface area contributed by atoms with Crippen LogP contribution in [-0.2, 0) is 44.9 Å². The van der Waals surface area contributed by atoms with E-state index < -0.39 is 69.0 Å². The van der Waals surface area contributed by atoms with Gasteiger partial charge in [-0.15, -0.1) is 0 Å². The fourth-order valence-corrected chi connectivity index (χ4v) is 8.61. The molecular weight excluding hydrogens is 841 g/mol. The molecule has 3 aromatic carbocycles. The Balaban J connectivity index is 0.885. The van der Waals surface area contributed by atoms with Crippen LogP contribution in [0.4, 0.5) is 5.69 Å². The molecule has 0 radical (unpaired) electrons. The van der Waals surface area contributed by atoms with Gasteiger partial charge in [-0.2, -0.15) is 0 Å². The number of hydrogen-bond donors (Lipinski definition) is 2. The van der Waals surface area contributed by atoms with Crippen molar-refractivity contribution >= 4 is 56.9 Å². The van der Waals surface area contributed by atoms with E-state index in [1.165, 1.54) is 25.3 Å². The molecule has 3 aliphatic rings. The minimum atomic E-state index is -3.70. The lowest BCUT2D eigenvalue weighted by molar-refractivity contribution is -0.136. The normalized spacial score (nSPS) is 16.6. The lowest BCUT2D eigenvalue weighted by Gasteiger charge is -2.27. The van der Waals surface area contributed by atoms with E-state index in [1.54, 1.807) is 43.3 Å². The van der Waals surface area contributed by atoms with Crippen molar-refractivity contribution in [2.75, 3.05) is 70.7 Å². The van der Waals surface area contributed by atoms with Gasteiger partial charge in [0, 0.05) is 19.3 Å². The van der Waals surface area contributed by atoms with Gasteiger partial charge in [-0.1, -0.05) is 24.3 Å². The summed E-state index contributed by atoms with van der Waals surface area (Å²) >= 11 is 0.